The molecule has 0 amide bonds. The minimum atomic E-state index is -2.17. The lowest BCUT2D eigenvalue weighted by molar-refractivity contribution is 0.0231. The van der Waals surface area contributed by atoms with Crippen molar-refractivity contribution in [2.24, 2.45) is 29.1 Å². The molecule has 32 heavy (non-hydrogen) atoms. The molecule has 3 saturated carbocycles. The normalized spacial score (nSPS) is 41.6. The Morgan fingerprint density at radius 3 is 2.75 bits per heavy atom. The maximum atomic E-state index is 13.2. The Morgan fingerprint density at radius 1 is 1.16 bits per heavy atom. The molecule has 2 nitrogen and oxygen atoms in total. The second kappa shape index (κ2) is 10.1. The minimum absolute atomic E-state index is 0.303. The maximum Gasteiger partial charge on any atom is 0.242 e. The van der Waals surface area contributed by atoms with Crippen molar-refractivity contribution < 1.29 is 13.9 Å². The van der Waals surface area contributed by atoms with E-state index >= 15 is 0 Å². The summed E-state index contributed by atoms with van der Waals surface area (Å²) < 4.78 is 26.4. The highest BCUT2D eigenvalue weighted by atomic mass is 19.3. The summed E-state index contributed by atoms with van der Waals surface area (Å²) in [5, 5.41) is 10.4. The summed E-state index contributed by atoms with van der Waals surface area (Å²) in [6.45, 7) is 11.3. The lowest BCUT2D eigenvalue weighted by atomic mass is 9.63. The third-order valence-electron chi connectivity index (χ3n) is 9.53. The van der Waals surface area contributed by atoms with Crippen LogP contribution < -0.4 is 0 Å². The summed E-state index contributed by atoms with van der Waals surface area (Å²) in [5.74, 6) is 1.22. The Kier molecular flexibility index (Phi) is 7.61. The summed E-state index contributed by atoms with van der Waals surface area (Å²) in [6, 6.07) is 0. The van der Waals surface area contributed by atoms with Gasteiger partial charge < -0.3 is 10.0 Å². The van der Waals surface area contributed by atoms with Crippen molar-refractivity contribution in [3.8, 4) is 0 Å². The van der Waals surface area contributed by atoms with Gasteiger partial charge in [0, 0.05) is 12.5 Å². The SMILES string of the molecule is C=C1/C(=C\C=C2/CCCC3(C)C2CC[C@@H]3CCN2CCCC(C(F)F)C2)CC[C@H](C)C1O. The number of aliphatic hydroxyl groups excluding tert-OH is 1. The van der Waals surface area contributed by atoms with Crippen LogP contribution in [0.25, 0.3) is 0 Å². The number of piperidine rings is 1. The van der Waals surface area contributed by atoms with Gasteiger partial charge in [-0.1, -0.05) is 38.2 Å². The first-order valence-electron chi connectivity index (χ1n) is 13.1. The van der Waals surface area contributed by atoms with Crippen molar-refractivity contribution in [2.45, 2.75) is 90.6 Å². The van der Waals surface area contributed by atoms with E-state index in [-0.39, 0.29) is 0 Å². The molecule has 3 aliphatic carbocycles. The summed E-state index contributed by atoms with van der Waals surface area (Å²) in [5.41, 5.74) is 4.07. The third-order valence-corrected chi connectivity index (χ3v) is 9.53. The van der Waals surface area contributed by atoms with E-state index in [1.54, 1.807) is 5.57 Å². The van der Waals surface area contributed by atoms with Crippen molar-refractivity contribution >= 4 is 0 Å². The average Bonchev–Trinajstić information content (AvgIpc) is 3.12. The molecule has 0 aromatic carbocycles. The molecule has 1 aliphatic heterocycles. The number of nitrogens with zero attached hydrogens (tertiary/aromatic N) is 1. The molecule has 0 spiro atoms. The number of alkyl halides is 2. The Hall–Kier alpha value is -1.00. The van der Waals surface area contributed by atoms with Crippen LogP contribution in [-0.2, 0) is 0 Å². The Bertz CT molecular complexity index is 744. The molecule has 0 bridgehead atoms. The third kappa shape index (κ3) is 4.92. The summed E-state index contributed by atoms with van der Waals surface area (Å²) in [4.78, 5) is 2.31. The molecule has 4 fully saturated rings. The van der Waals surface area contributed by atoms with Gasteiger partial charge in [0.25, 0.3) is 0 Å². The molecular weight excluding hydrogens is 404 g/mol. The summed E-state index contributed by atoms with van der Waals surface area (Å²) >= 11 is 0. The summed E-state index contributed by atoms with van der Waals surface area (Å²) in [6.07, 6.45) is 13.1. The highest BCUT2D eigenvalue weighted by Gasteiger charge is 2.48. The van der Waals surface area contributed by atoms with Crippen LogP contribution in [0.2, 0.25) is 0 Å². The molecule has 4 unspecified atom stereocenters. The molecule has 4 rings (SSSR count). The fourth-order valence-electron chi connectivity index (χ4n) is 7.29. The standard InChI is InChI=1S/C28H43F2NO/c1-19-8-9-21(20(2)26(19)32)10-11-22-6-4-15-28(3)24(12-13-25(22)28)14-17-31-16-5-7-23(18-31)27(29)30/h10-11,19,23-27,32H,2,4-9,12-18H2,1,3H3/b21-10-,22-11+/t19-,23?,24+,25?,26?,28?/m0/s1. The van der Waals surface area contributed by atoms with Crippen LogP contribution in [0.1, 0.15) is 78.1 Å². The van der Waals surface area contributed by atoms with E-state index in [0.717, 1.165) is 44.3 Å². The highest BCUT2D eigenvalue weighted by molar-refractivity contribution is 5.38. The molecule has 0 aromatic rings. The Balaban J connectivity index is 1.39. The van der Waals surface area contributed by atoms with Gasteiger partial charge in [0.15, 0.2) is 0 Å². The molecule has 1 N–H and O–H groups in total. The Morgan fingerprint density at radius 2 is 1.97 bits per heavy atom. The van der Waals surface area contributed by atoms with Crippen LogP contribution >= 0.6 is 0 Å². The van der Waals surface area contributed by atoms with E-state index in [1.165, 1.54) is 37.7 Å². The predicted molar refractivity (Wildman–Crippen MR) is 128 cm³/mol. The van der Waals surface area contributed by atoms with Gasteiger partial charge in [-0.3, -0.25) is 0 Å². The van der Waals surface area contributed by atoms with Crippen LogP contribution in [0.15, 0.2) is 35.5 Å². The fourth-order valence-corrected chi connectivity index (χ4v) is 7.29. The number of fused-ring (bicyclic) bond motifs is 1. The number of hydrogen-bond donors (Lipinski definition) is 1. The van der Waals surface area contributed by atoms with Gasteiger partial charge >= 0.3 is 0 Å². The van der Waals surface area contributed by atoms with E-state index in [0.29, 0.717) is 36.1 Å². The molecule has 4 aliphatic rings. The number of halogens is 2. The second-order valence-corrected chi connectivity index (χ2v) is 11.4. The van der Waals surface area contributed by atoms with Gasteiger partial charge in [0.2, 0.25) is 6.43 Å². The van der Waals surface area contributed by atoms with Gasteiger partial charge in [-0.15, -0.1) is 0 Å². The molecule has 180 valence electrons. The monoisotopic (exact) mass is 447 g/mol. The fraction of sp³-hybridized carbons (Fsp3) is 0.786. The van der Waals surface area contributed by atoms with Crippen LogP contribution in [0.3, 0.4) is 0 Å². The van der Waals surface area contributed by atoms with E-state index in [2.05, 4.69) is 37.5 Å². The first kappa shape index (κ1) is 24.1. The zero-order valence-corrected chi connectivity index (χ0v) is 20.2. The lowest BCUT2D eigenvalue weighted by Gasteiger charge is -2.43. The Labute approximate surface area is 193 Å². The van der Waals surface area contributed by atoms with Gasteiger partial charge in [-0.2, -0.15) is 0 Å². The molecule has 1 saturated heterocycles. The first-order chi connectivity index (χ1) is 15.3. The van der Waals surface area contributed by atoms with Crippen molar-refractivity contribution in [2.75, 3.05) is 19.6 Å². The van der Waals surface area contributed by atoms with Crippen LogP contribution in [-0.4, -0.2) is 42.2 Å². The van der Waals surface area contributed by atoms with Gasteiger partial charge in [-0.25, -0.2) is 8.78 Å². The van der Waals surface area contributed by atoms with E-state index < -0.39 is 18.4 Å². The predicted octanol–water partition coefficient (Wildman–Crippen LogP) is 6.77. The number of allylic oxidation sites excluding steroid dienone is 3. The average molecular weight is 448 g/mol. The molecule has 6 atom stereocenters. The molecule has 0 aromatic heterocycles. The van der Waals surface area contributed by atoms with Crippen molar-refractivity contribution in [3.05, 3.63) is 35.5 Å². The molecule has 0 radical (unpaired) electrons. The number of hydrogen-bond acceptors (Lipinski definition) is 2. The second-order valence-electron chi connectivity index (χ2n) is 11.4. The van der Waals surface area contributed by atoms with E-state index in [1.807, 2.05) is 0 Å². The zero-order chi connectivity index (χ0) is 22.9. The summed E-state index contributed by atoms with van der Waals surface area (Å²) in [7, 11) is 0. The van der Waals surface area contributed by atoms with E-state index in [9.17, 15) is 13.9 Å². The smallest absolute Gasteiger partial charge is 0.242 e. The van der Waals surface area contributed by atoms with Gasteiger partial charge in [0.1, 0.15) is 0 Å². The highest BCUT2D eigenvalue weighted by Crippen LogP contribution is 2.58. The van der Waals surface area contributed by atoms with Crippen molar-refractivity contribution in [3.63, 3.8) is 0 Å². The first-order valence-corrected chi connectivity index (χ1v) is 13.1. The number of likely N-dealkylation sites (tertiary alicyclic amines) is 1. The largest absolute Gasteiger partial charge is 0.388 e. The number of aliphatic hydroxyl groups is 1. The van der Waals surface area contributed by atoms with Gasteiger partial charge in [-0.05, 0) is 112 Å². The molecule has 1 heterocycles. The van der Waals surface area contributed by atoms with Crippen LogP contribution in [0.4, 0.5) is 8.78 Å². The molecular formula is C28H43F2NO. The van der Waals surface area contributed by atoms with Crippen LogP contribution in [0, 0.1) is 29.1 Å². The van der Waals surface area contributed by atoms with E-state index in [4.69, 9.17) is 0 Å². The zero-order valence-electron chi connectivity index (χ0n) is 20.2. The maximum absolute atomic E-state index is 13.2. The van der Waals surface area contributed by atoms with Crippen LogP contribution in [0.5, 0.6) is 0 Å². The topological polar surface area (TPSA) is 23.5 Å². The van der Waals surface area contributed by atoms with Crippen molar-refractivity contribution in [1.29, 1.82) is 0 Å². The number of rotatable bonds is 5. The van der Waals surface area contributed by atoms with Crippen molar-refractivity contribution in [1.82, 2.24) is 4.90 Å². The molecule has 4 heteroatoms. The minimum Gasteiger partial charge on any atom is -0.388 e. The quantitative estimate of drug-likeness (QED) is 0.503. The van der Waals surface area contributed by atoms with Gasteiger partial charge in [0.05, 0.1) is 6.10 Å². The lowest BCUT2D eigenvalue weighted by Crippen LogP contribution is -2.40.